The first-order chi connectivity index (χ1) is 15.1. The molecule has 8 nitrogen and oxygen atoms in total. The topological polar surface area (TPSA) is 86.9 Å². The Balaban J connectivity index is 1.43. The molecule has 1 atom stereocenters. The van der Waals surface area contributed by atoms with Crippen molar-refractivity contribution in [2.24, 2.45) is 0 Å². The Labute approximate surface area is 186 Å². The molecule has 0 spiro atoms. The molecule has 0 radical (unpaired) electrons. The number of carbonyl (C=O) groups is 1. The van der Waals surface area contributed by atoms with E-state index in [4.69, 9.17) is 4.74 Å². The van der Waals surface area contributed by atoms with E-state index in [0.29, 0.717) is 13.1 Å². The van der Waals surface area contributed by atoms with Crippen LogP contribution in [0.4, 0.5) is 0 Å². The molecule has 1 fully saturated rings. The number of carbonyl (C=O) groups excluding carboxylic acids is 1. The highest BCUT2D eigenvalue weighted by molar-refractivity contribution is 7.99. The molecular weight excluding hydrogens is 412 g/mol. The van der Waals surface area contributed by atoms with E-state index < -0.39 is 0 Å². The number of aryl methyl sites for hydroxylation is 2. The molecule has 164 valence electrons. The minimum Gasteiger partial charge on any atom is -0.377 e. The summed E-state index contributed by atoms with van der Waals surface area (Å²) in [5.74, 6) is 1.49. The quantitative estimate of drug-likeness (QED) is 0.515. The predicted molar refractivity (Wildman–Crippen MR) is 119 cm³/mol. The lowest BCUT2D eigenvalue weighted by Gasteiger charge is -2.13. The molecule has 1 N–H and O–H groups in total. The van der Waals surface area contributed by atoms with Crippen molar-refractivity contribution in [3.63, 3.8) is 0 Å². The van der Waals surface area contributed by atoms with Crippen LogP contribution < -0.4 is 5.32 Å². The largest absolute Gasteiger partial charge is 0.377 e. The van der Waals surface area contributed by atoms with Gasteiger partial charge in [0.1, 0.15) is 6.54 Å². The molecule has 0 unspecified atom stereocenters. The van der Waals surface area contributed by atoms with Gasteiger partial charge < -0.3 is 14.6 Å². The van der Waals surface area contributed by atoms with Crippen molar-refractivity contribution >= 4 is 17.7 Å². The first-order valence-corrected chi connectivity index (χ1v) is 11.5. The summed E-state index contributed by atoms with van der Waals surface area (Å²) in [5, 5.41) is 16.9. The monoisotopic (exact) mass is 440 g/mol. The standard InChI is InChI=1S/C22H28N6O2S/c1-16-11-17(2)28(26-16)14-21(29)23-12-20-24-25-22(31-15-19-9-6-10-30-19)27(20)13-18-7-4-3-5-8-18/h3-5,7-8,11,19H,6,9-10,12-15H2,1-2H3,(H,23,29)/t19-/m0/s1. The van der Waals surface area contributed by atoms with E-state index in [1.807, 2.05) is 38.1 Å². The Morgan fingerprint density at radius 2 is 2.10 bits per heavy atom. The van der Waals surface area contributed by atoms with Crippen LogP contribution in [0, 0.1) is 13.8 Å². The molecule has 1 saturated heterocycles. The van der Waals surface area contributed by atoms with Gasteiger partial charge in [-0.15, -0.1) is 10.2 Å². The molecule has 3 heterocycles. The van der Waals surface area contributed by atoms with Crippen molar-refractivity contribution in [1.82, 2.24) is 29.9 Å². The third-order valence-corrected chi connectivity index (χ3v) is 6.34. The number of thioether (sulfide) groups is 1. The lowest BCUT2D eigenvalue weighted by molar-refractivity contribution is -0.122. The zero-order valence-corrected chi connectivity index (χ0v) is 18.8. The van der Waals surface area contributed by atoms with Crippen LogP contribution in [0.25, 0.3) is 0 Å². The number of nitrogens with zero attached hydrogens (tertiary/aromatic N) is 5. The summed E-state index contributed by atoms with van der Waals surface area (Å²) in [4.78, 5) is 12.5. The van der Waals surface area contributed by atoms with Crippen LogP contribution in [0.3, 0.4) is 0 Å². The summed E-state index contributed by atoms with van der Waals surface area (Å²) < 4.78 is 9.54. The Morgan fingerprint density at radius 3 is 2.81 bits per heavy atom. The first-order valence-electron chi connectivity index (χ1n) is 10.6. The minimum absolute atomic E-state index is 0.103. The first kappa shape index (κ1) is 21.6. The molecular formula is C22H28N6O2S. The molecule has 1 aliphatic rings. The van der Waals surface area contributed by atoms with Crippen molar-refractivity contribution in [3.8, 4) is 0 Å². The molecule has 1 aromatic carbocycles. The highest BCUT2D eigenvalue weighted by atomic mass is 32.2. The number of hydrogen-bond acceptors (Lipinski definition) is 6. The molecule has 0 aliphatic carbocycles. The van der Waals surface area contributed by atoms with Crippen LogP contribution in [0.15, 0.2) is 41.6 Å². The Hall–Kier alpha value is -2.65. The van der Waals surface area contributed by atoms with Gasteiger partial charge >= 0.3 is 0 Å². The maximum atomic E-state index is 12.5. The number of hydrogen-bond donors (Lipinski definition) is 1. The van der Waals surface area contributed by atoms with Gasteiger partial charge in [-0.1, -0.05) is 42.1 Å². The van der Waals surface area contributed by atoms with Crippen LogP contribution in [-0.2, 0) is 29.2 Å². The van der Waals surface area contributed by atoms with Crippen molar-refractivity contribution in [1.29, 1.82) is 0 Å². The van der Waals surface area contributed by atoms with Crippen LogP contribution in [0.5, 0.6) is 0 Å². The number of nitrogens with one attached hydrogen (secondary N) is 1. The molecule has 4 rings (SSSR count). The van der Waals surface area contributed by atoms with E-state index in [1.54, 1.807) is 16.4 Å². The second-order valence-electron chi connectivity index (χ2n) is 7.78. The lowest BCUT2D eigenvalue weighted by Crippen LogP contribution is -2.29. The third-order valence-electron chi connectivity index (χ3n) is 5.24. The van der Waals surface area contributed by atoms with Gasteiger partial charge in [-0.05, 0) is 38.3 Å². The van der Waals surface area contributed by atoms with Gasteiger partial charge in [-0.3, -0.25) is 9.48 Å². The molecule has 9 heteroatoms. The minimum atomic E-state index is -0.103. The zero-order valence-electron chi connectivity index (χ0n) is 18.0. The van der Waals surface area contributed by atoms with Crippen LogP contribution in [-0.4, -0.2) is 48.9 Å². The Morgan fingerprint density at radius 1 is 1.26 bits per heavy atom. The van der Waals surface area contributed by atoms with Crippen LogP contribution in [0.1, 0.15) is 35.6 Å². The maximum absolute atomic E-state index is 12.5. The fourth-order valence-corrected chi connectivity index (χ4v) is 4.65. The number of rotatable bonds is 9. The van der Waals surface area contributed by atoms with Gasteiger partial charge in [0.2, 0.25) is 5.91 Å². The van der Waals surface area contributed by atoms with E-state index in [2.05, 4.69) is 37.3 Å². The number of benzene rings is 1. The highest BCUT2D eigenvalue weighted by Crippen LogP contribution is 2.24. The smallest absolute Gasteiger partial charge is 0.242 e. The summed E-state index contributed by atoms with van der Waals surface area (Å²) in [7, 11) is 0. The molecule has 31 heavy (non-hydrogen) atoms. The summed E-state index contributed by atoms with van der Waals surface area (Å²) >= 11 is 1.66. The molecule has 2 aromatic heterocycles. The molecule has 1 amide bonds. The van der Waals surface area contributed by atoms with Crippen molar-refractivity contribution < 1.29 is 9.53 Å². The van der Waals surface area contributed by atoms with Crippen molar-refractivity contribution in [2.75, 3.05) is 12.4 Å². The highest BCUT2D eigenvalue weighted by Gasteiger charge is 2.19. The van der Waals surface area contributed by atoms with Gasteiger partial charge in [-0.25, -0.2) is 0 Å². The maximum Gasteiger partial charge on any atom is 0.242 e. The van der Waals surface area contributed by atoms with Gasteiger partial charge in [0, 0.05) is 18.1 Å². The second kappa shape index (κ2) is 10.1. The van der Waals surface area contributed by atoms with Gasteiger partial charge in [-0.2, -0.15) is 5.10 Å². The summed E-state index contributed by atoms with van der Waals surface area (Å²) in [5.41, 5.74) is 3.03. The summed E-state index contributed by atoms with van der Waals surface area (Å²) in [6.45, 7) is 5.87. The van der Waals surface area contributed by atoms with Gasteiger partial charge in [0.05, 0.1) is 24.9 Å². The van der Waals surface area contributed by atoms with E-state index in [0.717, 1.165) is 53.1 Å². The molecule has 3 aromatic rings. The van der Waals surface area contributed by atoms with Crippen molar-refractivity contribution in [2.45, 2.75) is 57.6 Å². The molecule has 0 bridgehead atoms. The normalized spacial score (nSPS) is 16.0. The van der Waals surface area contributed by atoms with E-state index >= 15 is 0 Å². The fraction of sp³-hybridized carbons (Fsp3) is 0.455. The Bertz CT molecular complexity index is 1010. The lowest BCUT2D eigenvalue weighted by atomic mass is 10.2. The van der Waals surface area contributed by atoms with Crippen molar-refractivity contribution in [3.05, 3.63) is 59.2 Å². The zero-order chi connectivity index (χ0) is 21.6. The van der Waals surface area contributed by atoms with E-state index in [-0.39, 0.29) is 18.6 Å². The fourth-order valence-electron chi connectivity index (χ4n) is 3.63. The van der Waals surface area contributed by atoms with Gasteiger partial charge in [0.15, 0.2) is 11.0 Å². The van der Waals surface area contributed by atoms with Gasteiger partial charge in [0.25, 0.3) is 0 Å². The third kappa shape index (κ3) is 5.74. The van der Waals surface area contributed by atoms with Crippen LogP contribution >= 0.6 is 11.8 Å². The average molecular weight is 441 g/mol. The van der Waals surface area contributed by atoms with E-state index in [1.165, 1.54) is 0 Å². The summed E-state index contributed by atoms with van der Waals surface area (Å²) in [6, 6.07) is 12.2. The number of aromatic nitrogens is 5. The van der Waals surface area contributed by atoms with Crippen LogP contribution in [0.2, 0.25) is 0 Å². The predicted octanol–water partition coefficient (Wildman–Crippen LogP) is 2.73. The molecule has 0 saturated carbocycles. The number of ether oxygens (including phenoxy) is 1. The average Bonchev–Trinajstić information content (AvgIpc) is 3.47. The number of amides is 1. The summed E-state index contributed by atoms with van der Waals surface area (Å²) in [6.07, 6.45) is 2.49. The second-order valence-corrected chi connectivity index (χ2v) is 8.77. The van der Waals surface area contributed by atoms with E-state index in [9.17, 15) is 4.79 Å². The SMILES string of the molecule is Cc1cc(C)n(CC(=O)NCc2nnc(SC[C@@H]3CCCO3)n2Cc2ccccc2)n1. The Kier molecular flexibility index (Phi) is 7.03. The molecule has 1 aliphatic heterocycles.